The largest absolute Gasteiger partial charge is 0.472 e. The lowest BCUT2D eigenvalue weighted by atomic mass is 10.2. The molecular formula is C11H12N2O3. The van der Waals surface area contributed by atoms with Crippen LogP contribution in [0.25, 0.3) is 0 Å². The van der Waals surface area contributed by atoms with Crippen molar-refractivity contribution in [2.75, 3.05) is 6.54 Å². The molecule has 5 heteroatoms. The maximum Gasteiger partial charge on any atom is 0.254 e. The predicted octanol–water partition coefficient (Wildman–Crippen LogP) is 1.63. The van der Waals surface area contributed by atoms with Crippen molar-refractivity contribution in [3.8, 4) is 0 Å². The summed E-state index contributed by atoms with van der Waals surface area (Å²) in [6, 6.07) is 1.63. The Labute approximate surface area is 92.4 Å². The lowest BCUT2D eigenvalue weighted by Crippen LogP contribution is -2.24. The van der Waals surface area contributed by atoms with Gasteiger partial charge in [-0.25, -0.2) is 0 Å². The summed E-state index contributed by atoms with van der Waals surface area (Å²) in [5.41, 5.74) is 1.59. The van der Waals surface area contributed by atoms with Gasteiger partial charge in [-0.1, -0.05) is 5.16 Å². The number of nitrogens with one attached hydrogen (secondary N) is 1. The van der Waals surface area contributed by atoms with Gasteiger partial charge in [0.15, 0.2) is 0 Å². The van der Waals surface area contributed by atoms with E-state index >= 15 is 0 Å². The molecule has 0 aliphatic carbocycles. The zero-order valence-corrected chi connectivity index (χ0v) is 8.68. The fourth-order valence-corrected chi connectivity index (χ4v) is 1.34. The van der Waals surface area contributed by atoms with Crippen LogP contribution in [0.3, 0.4) is 0 Å². The summed E-state index contributed by atoms with van der Waals surface area (Å²) < 4.78 is 9.52. The van der Waals surface area contributed by atoms with Gasteiger partial charge in [0.1, 0.15) is 12.5 Å². The summed E-state index contributed by atoms with van der Waals surface area (Å²) in [6.07, 6.45) is 7.89. The molecule has 5 nitrogen and oxygen atoms in total. The van der Waals surface area contributed by atoms with Crippen LogP contribution in [0.15, 0.2) is 40.0 Å². The molecule has 0 unspecified atom stereocenters. The Balaban J connectivity index is 1.67. The van der Waals surface area contributed by atoms with E-state index < -0.39 is 0 Å². The van der Waals surface area contributed by atoms with E-state index in [1.807, 2.05) is 0 Å². The van der Waals surface area contributed by atoms with Crippen molar-refractivity contribution in [3.63, 3.8) is 0 Å². The van der Waals surface area contributed by atoms with Crippen LogP contribution in [0, 0.1) is 0 Å². The monoisotopic (exact) mass is 220 g/mol. The Morgan fingerprint density at radius 1 is 1.44 bits per heavy atom. The second-order valence-electron chi connectivity index (χ2n) is 3.40. The highest BCUT2D eigenvalue weighted by Gasteiger charge is 2.05. The Morgan fingerprint density at radius 3 is 3.06 bits per heavy atom. The van der Waals surface area contributed by atoms with Crippen molar-refractivity contribution in [1.29, 1.82) is 0 Å². The maximum atomic E-state index is 11.5. The highest BCUT2D eigenvalue weighted by molar-refractivity contribution is 5.93. The molecule has 0 fully saturated rings. The molecule has 2 aromatic heterocycles. The third kappa shape index (κ3) is 2.73. The number of aromatic nitrogens is 1. The van der Waals surface area contributed by atoms with E-state index in [-0.39, 0.29) is 5.91 Å². The van der Waals surface area contributed by atoms with Crippen molar-refractivity contribution in [1.82, 2.24) is 10.5 Å². The van der Waals surface area contributed by atoms with Gasteiger partial charge in [-0.3, -0.25) is 4.79 Å². The minimum Gasteiger partial charge on any atom is -0.472 e. The molecule has 1 amide bonds. The van der Waals surface area contributed by atoms with Gasteiger partial charge in [-0.05, 0) is 18.9 Å². The van der Waals surface area contributed by atoms with Gasteiger partial charge in [0.05, 0.1) is 18.0 Å². The molecule has 16 heavy (non-hydrogen) atoms. The summed E-state index contributed by atoms with van der Waals surface area (Å²) in [5.74, 6) is -0.112. The molecule has 0 spiro atoms. The molecule has 0 aliphatic heterocycles. The zero-order valence-electron chi connectivity index (χ0n) is 8.68. The van der Waals surface area contributed by atoms with Gasteiger partial charge >= 0.3 is 0 Å². The van der Waals surface area contributed by atoms with Crippen LogP contribution in [0.5, 0.6) is 0 Å². The molecular weight excluding hydrogens is 208 g/mol. The van der Waals surface area contributed by atoms with Crippen molar-refractivity contribution in [2.24, 2.45) is 0 Å². The maximum absolute atomic E-state index is 11.5. The summed E-state index contributed by atoms with van der Waals surface area (Å²) in [7, 11) is 0. The Hall–Kier alpha value is -2.04. The van der Waals surface area contributed by atoms with Crippen molar-refractivity contribution >= 4 is 5.91 Å². The average Bonchev–Trinajstić information content (AvgIpc) is 2.96. The first-order valence-corrected chi connectivity index (χ1v) is 5.05. The molecule has 0 bridgehead atoms. The number of rotatable bonds is 5. The van der Waals surface area contributed by atoms with Gasteiger partial charge < -0.3 is 14.3 Å². The summed E-state index contributed by atoms with van der Waals surface area (Å²) in [5, 5.41) is 6.40. The number of amides is 1. The number of furan rings is 1. The lowest BCUT2D eigenvalue weighted by Gasteiger charge is -2.01. The van der Waals surface area contributed by atoms with Gasteiger partial charge in [0, 0.05) is 12.1 Å². The van der Waals surface area contributed by atoms with Crippen molar-refractivity contribution < 1.29 is 13.7 Å². The van der Waals surface area contributed by atoms with Crippen LogP contribution in [0.2, 0.25) is 0 Å². The number of nitrogens with zero attached hydrogens (tertiary/aromatic N) is 1. The first-order chi connectivity index (χ1) is 7.86. The van der Waals surface area contributed by atoms with Crippen molar-refractivity contribution in [3.05, 3.63) is 42.2 Å². The summed E-state index contributed by atoms with van der Waals surface area (Å²) >= 11 is 0. The highest BCUT2D eigenvalue weighted by Crippen LogP contribution is 2.01. The Morgan fingerprint density at radius 2 is 2.38 bits per heavy atom. The molecule has 1 N–H and O–H groups in total. The van der Waals surface area contributed by atoms with E-state index in [4.69, 9.17) is 8.94 Å². The number of hydrogen-bond donors (Lipinski definition) is 1. The second kappa shape index (κ2) is 5.16. The first-order valence-electron chi connectivity index (χ1n) is 5.05. The van der Waals surface area contributed by atoms with Gasteiger partial charge in [-0.15, -0.1) is 0 Å². The quantitative estimate of drug-likeness (QED) is 0.777. The van der Waals surface area contributed by atoms with Crippen LogP contribution < -0.4 is 5.32 Å². The lowest BCUT2D eigenvalue weighted by molar-refractivity contribution is 0.0952. The fraction of sp³-hybridized carbons (Fsp3) is 0.273. The first kappa shape index (κ1) is 10.5. The zero-order chi connectivity index (χ0) is 11.2. The highest BCUT2D eigenvalue weighted by atomic mass is 16.5. The molecule has 2 heterocycles. The van der Waals surface area contributed by atoms with E-state index in [9.17, 15) is 4.79 Å². The smallest absolute Gasteiger partial charge is 0.254 e. The van der Waals surface area contributed by atoms with E-state index in [1.54, 1.807) is 18.5 Å². The number of aryl methyl sites for hydroxylation is 1. The van der Waals surface area contributed by atoms with Gasteiger partial charge in [0.25, 0.3) is 5.91 Å². The molecule has 2 aromatic rings. The SMILES string of the molecule is O=C(NCCCc1cnoc1)c1ccoc1. The van der Waals surface area contributed by atoms with Crippen LogP contribution in [-0.2, 0) is 6.42 Å². The molecule has 2 rings (SSSR count). The minimum absolute atomic E-state index is 0.112. The molecule has 84 valence electrons. The van der Waals surface area contributed by atoms with E-state index in [0.29, 0.717) is 12.1 Å². The molecule has 0 radical (unpaired) electrons. The van der Waals surface area contributed by atoms with Gasteiger partial charge in [0.2, 0.25) is 0 Å². The molecule has 0 saturated carbocycles. The van der Waals surface area contributed by atoms with Crippen LogP contribution in [-0.4, -0.2) is 17.6 Å². The summed E-state index contributed by atoms with van der Waals surface area (Å²) in [6.45, 7) is 0.620. The Kier molecular flexibility index (Phi) is 3.38. The molecule has 0 saturated heterocycles. The number of carbonyl (C=O) groups excluding carboxylic acids is 1. The standard InChI is InChI=1S/C11H12N2O3/c14-11(10-3-5-15-8-10)12-4-1-2-9-6-13-16-7-9/h3,5-8H,1-2,4H2,(H,12,14). The Bertz CT molecular complexity index is 420. The fourth-order valence-electron chi connectivity index (χ4n) is 1.34. The summed E-state index contributed by atoms with van der Waals surface area (Å²) in [4.78, 5) is 11.5. The van der Waals surface area contributed by atoms with Crippen LogP contribution in [0.4, 0.5) is 0 Å². The minimum atomic E-state index is -0.112. The predicted molar refractivity (Wildman–Crippen MR) is 55.9 cm³/mol. The van der Waals surface area contributed by atoms with E-state index in [2.05, 4.69) is 10.5 Å². The molecule has 0 aliphatic rings. The number of hydrogen-bond acceptors (Lipinski definition) is 4. The third-order valence-electron chi connectivity index (χ3n) is 2.19. The molecule has 0 atom stereocenters. The van der Waals surface area contributed by atoms with Crippen LogP contribution >= 0.6 is 0 Å². The third-order valence-corrected chi connectivity index (χ3v) is 2.19. The van der Waals surface area contributed by atoms with E-state index in [0.717, 1.165) is 18.4 Å². The topological polar surface area (TPSA) is 68.3 Å². The normalized spacial score (nSPS) is 10.2. The average molecular weight is 220 g/mol. The second-order valence-corrected chi connectivity index (χ2v) is 3.40. The van der Waals surface area contributed by atoms with Crippen LogP contribution in [0.1, 0.15) is 22.3 Å². The van der Waals surface area contributed by atoms with E-state index in [1.165, 1.54) is 12.5 Å². The molecule has 0 aromatic carbocycles. The van der Waals surface area contributed by atoms with Crippen molar-refractivity contribution in [2.45, 2.75) is 12.8 Å². The van der Waals surface area contributed by atoms with Gasteiger partial charge in [-0.2, -0.15) is 0 Å². The number of carbonyl (C=O) groups is 1.